The van der Waals surface area contributed by atoms with E-state index in [1.807, 2.05) is 0 Å². The molecular formula is C21H31N3. The molecule has 0 spiro atoms. The Bertz CT molecular complexity index is 607. The molecule has 0 heterocycles. The van der Waals surface area contributed by atoms with Crippen molar-refractivity contribution in [2.45, 2.75) is 26.7 Å². The van der Waals surface area contributed by atoms with E-state index in [4.69, 9.17) is 0 Å². The van der Waals surface area contributed by atoms with Crippen molar-refractivity contribution in [3.63, 3.8) is 0 Å². The largest absolute Gasteiger partial charge is 0.383 e. The number of aryl methyl sites for hydroxylation is 1. The minimum atomic E-state index is 1.01. The van der Waals surface area contributed by atoms with Gasteiger partial charge in [-0.15, -0.1) is 0 Å². The van der Waals surface area contributed by atoms with Crippen molar-refractivity contribution in [1.29, 1.82) is 0 Å². The van der Waals surface area contributed by atoms with Gasteiger partial charge in [-0.1, -0.05) is 36.8 Å². The van der Waals surface area contributed by atoms with E-state index in [1.54, 1.807) is 0 Å². The Morgan fingerprint density at radius 3 is 2.33 bits per heavy atom. The van der Waals surface area contributed by atoms with Crippen LogP contribution in [0.1, 0.15) is 25.3 Å². The molecule has 2 aromatic carbocycles. The highest BCUT2D eigenvalue weighted by Crippen LogP contribution is 2.30. The quantitative estimate of drug-likeness (QED) is 0.661. The fourth-order valence-electron chi connectivity index (χ4n) is 2.71. The molecule has 0 radical (unpaired) electrons. The first-order valence-corrected chi connectivity index (χ1v) is 8.93. The van der Waals surface area contributed by atoms with Crippen molar-refractivity contribution in [3.8, 4) is 0 Å². The van der Waals surface area contributed by atoms with Gasteiger partial charge in [0.15, 0.2) is 0 Å². The maximum atomic E-state index is 3.61. The average molecular weight is 326 g/mol. The number of anilines is 3. The van der Waals surface area contributed by atoms with Crippen molar-refractivity contribution < 1.29 is 0 Å². The van der Waals surface area contributed by atoms with E-state index < -0.39 is 0 Å². The Morgan fingerprint density at radius 2 is 1.62 bits per heavy atom. The van der Waals surface area contributed by atoms with Gasteiger partial charge in [-0.2, -0.15) is 0 Å². The third kappa shape index (κ3) is 5.27. The third-order valence-electron chi connectivity index (χ3n) is 4.51. The molecule has 0 bridgehead atoms. The molecule has 0 saturated heterocycles. The summed E-state index contributed by atoms with van der Waals surface area (Å²) in [4.78, 5) is 4.60. The molecule has 2 rings (SSSR count). The van der Waals surface area contributed by atoms with Crippen LogP contribution in [0.2, 0.25) is 0 Å². The molecule has 130 valence electrons. The second kappa shape index (κ2) is 9.33. The maximum Gasteiger partial charge on any atom is 0.0643 e. The molecule has 0 fully saturated rings. The van der Waals surface area contributed by atoms with Crippen LogP contribution in [0.25, 0.3) is 0 Å². The Balaban J connectivity index is 1.95. The summed E-state index contributed by atoms with van der Waals surface area (Å²) in [6.07, 6.45) is 2.42. The first-order valence-electron chi connectivity index (χ1n) is 8.93. The number of unbranched alkanes of at least 4 members (excludes halogenated alkanes) is 1. The number of hydrogen-bond donors (Lipinski definition) is 1. The highest BCUT2D eigenvalue weighted by atomic mass is 15.1. The van der Waals surface area contributed by atoms with Crippen LogP contribution in [-0.4, -0.2) is 38.6 Å². The lowest BCUT2D eigenvalue weighted by molar-refractivity contribution is 0.345. The molecule has 3 nitrogen and oxygen atoms in total. The topological polar surface area (TPSA) is 18.5 Å². The van der Waals surface area contributed by atoms with E-state index in [1.165, 1.54) is 42.0 Å². The monoisotopic (exact) mass is 325 g/mol. The fraction of sp³-hybridized carbons (Fsp3) is 0.429. The van der Waals surface area contributed by atoms with E-state index in [0.29, 0.717) is 0 Å². The first-order chi connectivity index (χ1) is 11.6. The lowest BCUT2D eigenvalue weighted by atomic mass is 10.2. The maximum absolute atomic E-state index is 3.61. The predicted molar refractivity (Wildman–Crippen MR) is 107 cm³/mol. The number of nitrogens with one attached hydrogen (secondary N) is 1. The molecule has 0 unspecified atom stereocenters. The SMILES string of the molecule is CCN(C)CCCCNc1ccccc1N(C)c1ccc(C)cc1. The highest BCUT2D eigenvalue weighted by Gasteiger charge is 2.08. The summed E-state index contributed by atoms with van der Waals surface area (Å²) in [6, 6.07) is 17.2. The van der Waals surface area contributed by atoms with Crippen LogP contribution in [0, 0.1) is 6.92 Å². The van der Waals surface area contributed by atoms with Crippen LogP contribution in [0.3, 0.4) is 0 Å². The molecule has 1 N–H and O–H groups in total. The van der Waals surface area contributed by atoms with Gasteiger partial charge in [0.1, 0.15) is 0 Å². The van der Waals surface area contributed by atoms with Gasteiger partial charge in [-0.05, 0) is 64.2 Å². The molecule has 0 atom stereocenters. The van der Waals surface area contributed by atoms with Crippen LogP contribution in [0.15, 0.2) is 48.5 Å². The molecule has 2 aromatic rings. The number of nitrogens with zero attached hydrogens (tertiary/aromatic N) is 2. The zero-order valence-electron chi connectivity index (χ0n) is 15.5. The smallest absolute Gasteiger partial charge is 0.0643 e. The summed E-state index contributed by atoms with van der Waals surface area (Å²) < 4.78 is 0. The lowest BCUT2D eigenvalue weighted by Gasteiger charge is -2.23. The predicted octanol–water partition coefficient (Wildman–Crippen LogP) is 4.91. The van der Waals surface area contributed by atoms with Gasteiger partial charge in [-0.3, -0.25) is 0 Å². The number of hydrogen-bond acceptors (Lipinski definition) is 3. The van der Waals surface area contributed by atoms with Crippen molar-refractivity contribution >= 4 is 17.1 Å². The molecule has 0 aliphatic rings. The minimum absolute atomic E-state index is 1.01. The molecule has 0 aliphatic carbocycles. The van der Waals surface area contributed by atoms with Crippen LogP contribution in [-0.2, 0) is 0 Å². The molecule has 0 aromatic heterocycles. The van der Waals surface area contributed by atoms with Gasteiger partial charge in [0.05, 0.1) is 11.4 Å². The Kier molecular flexibility index (Phi) is 7.13. The van der Waals surface area contributed by atoms with Gasteiger partial charge in [0, 0.05) is 19.3 Å². The summed E-state index contributed by atoms with van der Waals surface area (Å²) in [6.45, 7) is 7.63. The van der Waals surface area contributed by atoms with Crippen molar-refractivity contribution in [3.05, 3.63) is 54.1 Å². The summed E-state index contributed by atoms with van der Waals surface area (Å²) >= 11 is 0. The molecule has 24 heavy (non-hydrogen) atoms. The third-order valence-corrected chi connectivity index (χ3v) is 4.51. The molecular weight excluding hydrogens is 294 g/mol. The zero-order valence-corrected chi connectivity index (χ0v) is 15.5. The number of para-hydroxylation sites is 2. The fourth-order valence-corrected chi connectivity index (χ4v) is 2.71. The Labute approximate surface area is 147 Å². The van der Waals surface area contributed by atoms with Crippen LogP contribution >= 0.6 is 0 Å². The summed E-state index contributed by atoms with van der Waals surface area (Å²) in [5, 5.41) is 3.61. The number of benzene rings is 2. The Hall–Kier alpha value is -2.00. The van der Waals surface area contributed by atoms with Gasteiger partial charge in [0.2, 0.25) is 0 Å². The summed E-state index contributed by atoms with van der Waals surface area (Å²) in [5.41, 5.74) is 4.91. The second-order valence-corrected chi connectivity index (χ2v) is 6.44. The molecule has 0 aliphatic heterocycles. The van der Waals surface area contributed by atoms with E-state index >= 15 is 0 Å². The average Bonchev–Trinajstić information content (AvgIpc) is 2.61. The lowest BCUT2D eigenvalue weighted by Crippen LogP contribution is -2.19. The van der Waals surface area contributed by atoms with E-state index in [-0.39, 0.29) is 0 Å². The summed E-state index contributed by atoms with van der Waals surface area (Å²) in [5.74, 6) is 0. The zero-order chi connectivity index (χ0) is 17.4. The normalized spacial score (nSPS) is 10.9. The first kappa shape index (κ1) is 18.3. The highest BCUT2D eigenvalue weighted by molar-refractivity contribution is 5.76. The number of rotatable bonds is 9. The van der Waals surface area contributed by atoms with Gasteiger partial charge in [-0.25, -0.2) is 0 Å². The van der Waals surface area contributed by atoms with Crippen LogP contribution < -0.4 is 10.2 Å². The van der Waals surface area contributed by atoms with Crippen LogP contribution in [0.5, 0.6) is 0 Å². The standard InChI is InChI=1S/C21H31N3/c1-5-23(3)17-9-8-16-22-20-10-6-7-11-21(20)24(4)19-14-12-18(2)13-15-19/h6-7,10-15,22H,5,8-9,16-17H2,1-4H3. The second-order valence-electron chi connectivity index (χ2n) is 6.44. The van der Waals surface area contributed by atoms with Gasteiger partial charge in [0.25, 0.3) is 0 Å². The molecule has 0 amide bonds. The van der Waals surface area contributed by atoms with Crippen molar-refractivity contribution in [2.24, 2.45) is 0 Å². The van der Waals surface area contributed by atoms with E-state index in [9.17, 15) is 0 Å². The summed E-state index contributed by atoms with van der Waals surface area (Å²) in [7, 11) is 4.31. The Morgan fingerprint density at radius 1 is 0.917 bits per heavy atom. The van der Waals surface area contributed by atoms with E-state index in [0.717, 1.165) is 13.1 Å². The molecule has 3 heteroatoms. The van der Waals surface area contributed by atoms with Crippen molar-refractivity contribution in [1.82, 2.24) is 4.90 Å². The molecule has 0 saturated carbocycles. The van der Waals surface area contributed by atoms with Gasteiger partial charge >= 0.3 is 0 Å². The van der Waals surface area contributed by atoms with Crippen LogP contribution in [0.4, 0.5) is 17.1 Å². The van der Waals surface area contributed by atoms with Crippen molar-refractivity contribution in [2.75, 3.05) is 43.9 Å². The van der Waals surface area contributed by atoms with E-state index in [2.05, 4.69) is 91.6 Å². The van der Waals surface area contributed by atoms with Gasteiger partial charge < -0.3 is 15.1 Å². The minimum Gasteiger partial charge on any atom is -0.383 e.